The molecule has 4 aromatic rings. The van der Waals surface area contributed by atoms with E-state index in [9.17, 15) is 4.79 Å². The molecule has 0 saturated heterocycles. The molecule has 2 aromatic heterocycles. The van der Waals surface area contributed by atoms with E-state index in [1.807, 2.05) is 30.3 Å². The van der Waals surface area contributed by atoms with Gasteiger partial charge in [-0.3, -0.25) is 9.78 Å². The Morgan fingerprint density at radius 3 is 2.64 bits per heavy atom. The SMILES string of the molecule is CNC(=O)c1cc(Oc2ccc3nc(Nc4ccc(Br)cc4)oc3c2)ccn1. The van der Waals surface area contributed by atoms with E-state index in [1.54, 1.807) is 31.3 Å². The largest absolute Gasteiger partial charge is 0.457 e. The fourth-order valence-electron chi connectivity index (χ4n) is 2.54. The number of nitrogens with one attached hydrogen (secondary N) is 2. The van der Waals surface area contributed by atoms with Gasteiger partial charge in [0.15, 0.2) is 5.58 Å². The van der Waals surface area contributed by atoms with Gasteiger partial charge in [0.2, 0.25) is 0 Å². The minimum absolute atomic E-state index is 0.278. The van der Waals surface area contributed by atoms with Crippen molar-refractivity contribution >= 4 is 44.6 Å². The molecule has 2 aromatic carbocycles. The number of hydrogen-bond acceptors (Lipinski definition) is 6. The zero-order valence-electron chi connectivity index (χ0n) is 14.8. The Morgan fingerprint density at radius 2 is 1.86 bits per heavy atom. The lowest BCUT2D eigenvalue weighted by Crippen LogP contribution is -2.18. The lowest BCUT2D eigenvalue weighted by atomic mass is 10.3. The maximum Gasteiger partial charge on any atom is 0.300 e. The predicted molar refractivity (Wildman–Crippen MR) is 109 cm³/mol. The van der Waals surface area contributed by atoms with Crippen LogP contribution in [0.1, 0.15) is 10.5 Å². The summed E-state index contributed by atoms with van der Waals surface area (Å²) >= 11 is 3.40. The Hall–Kier alpha value is -3.39. The predicted octanol–water partition coefficient (Wildman–Crippen LogP) is 4.88. The number of hydrogen-bond donors (Lipinski definition) is 2. The topological polar surface area (TPSA) is 89.3 Å². The minimum Gasteiger partial charge on any atom is -0.457 e. The fraction of sp³-hybridized carbons (Fsp3) is 0.0500. The van der Waals surface area contributed by atoms with Gasteiger partial charge < -0.3 is 19.8 Å². The van der Waals surface area contributed by atoms with Gasteiger partial charge in [0.25, 0.3) is 11.9 Å². The third-order valence-electron chi connectivity index (χ3n) is 3.88. The normalized spacial score (nSPS) is 10.6. The van der Waals surface area contributed by atoms with E-state index in [4.69, 9.17) is 9.15 Å². The lowest BCUT2D eigenvalue weighted by Gasteiger charge is -2.06. The first-order valence-electron chi connectivity index (χ1n) is 8.40. The Kier molecular flexibility index (Phi) is 4.94. The second-order valence-electron chi connectivity index (χ2n) is 5.84. The molecule has 0 saturated carbocycles. The second-order valence-corrected chi connectivity index (χ2v) is 6.75. The highest BCUT2D eigenvalue weighted by Crippen LogP contribution is 2.28. The van der Waals surface area contributed by atoms with Gasteiger partial charge in [-0.15, -0.1) is 0 Å². The van der Waals surface area contributed by atoms with Gasteiger partial charge in [-0.1, -0.05) is 15.9 Å². The van der Waals surface area contributed by atoms with Crippen molar-refractivity contribution in [2.75, 3.05) is 12.4 Å². The smallest absolute Gasteiger partial charge is 0.300 e. The lowest BCUT2D eigenvalue weighted by molar-refractivity contribution is 0.0958. The van der Waals surface area contributed by atoms with Gasteiger partial charge in [-0.25, -0.2) is 0 Å². The third-order valence-corrected chi connectivity index (χ3v) is 4.41. The van der Waals surface area contributed by atoms with Crippen molar-refractivity contribution in [2.45, 2.75) is 0 Å². The molecule has 7 nitrogen and oxygen atoms in total. The molecule has 2 N–H and O–H groups in total. The monoisotopic (exact) mass is 438 g/mol. The maximum absolute atomic E-state index is 11.7. The summed E-state index contributed by atoms with van der Waals surface area (Å²) < 4.78 is 12.6. The van der Waals surface area contributed by atoms with E-state index >= 15 is 0 Å². The summed E-state index contributed by atoms with van der Waals surface area (Å²) in [7, 11) is 1.55. The zero-order chi connectivity index (χ0) is 19.5. The van der Waals surface area contributed by atoms with E-state index in [0.29, 0.717) is 28.6 Å². The number of ether oxygens (including phenoxy) is 1. The molecule has 0 aliphatic heterocycles. The summed E-state index contributed by atoms with van der Waals surface area (Å²) in [6.07, 6.45) is 1.52. The number of amides is 1. The molecular weight excluding hydrogens is 424 g/mol. The number of oxazole rings is 1. The van der Waals surface area contributed by atoms with Gasteiger partial charge in [0.1, 0.15) is 22.7 Å². The maximum atomic E-state index is 11.7. The molecule has 1 amide bonds. The molecule has 140 valence electrons. The molecule has 0 bridgehead atoms. The van der Waals surface area contributed by atoms with Crippen molar-refractivity contribution in [2.24, 2.45) is 0 Å². The average Bonchev–Trinajstić information content (AvgIpc) is 3.11. The van der Waals surface area contributed by atoms with Gasteiger partial charge in [-0.2, -0.15) is 4.98 Å². The number of rotatable bonds is 5. The summed E-state index contributed by atoms with van der Waals surface area (Å²) in [5, 5.41) is 5.66. The van der Waals surface area contributed by atoms with Crippen LogP contribution in [0, 0.1) is 0 Å². The number of nitrogens with zero attached hydrogens (tertiary/aromatic N) is 2. The van der Waals surface area contributed by atoms with Crippen LogP contribution in [0.5, 0.6) is 11.5 Å². The summed E-state index contributed by atoms with van der Waals surface area (Å²) in [6, 6.07) is 16.7. The Balaban J connectivity index is 1.55. The molecule has 2 heterocycles. The zero-order valence-corrected chi connectivity index (χ0v) is 16.4. The first kappa shape index (κ1) is 18.0. The first-order chi connectivity index (χ1) is 13.6. The molecular formula is C20H15BrN4O3. The number of carbonyl (C=O) groups is 1. The summed E-state index contributed by atoms with van der Waals surface area (Å²) in [5.41, 5.74) is 2.43. The minimum atomic E-state index is -0.278. The molecule has 0 atom stereocenters. The van der Waals surface area contributed by atoms with Crippen LogP contribution in [0.4, 0.5) is 11.7 Å². The van der Waals surface area contributed by atoms with Crippen LogP contribution in [-0.2, 0) is 0 Å². The number of pyridine rings is 1. The van der Waals surface area contributed by atoms with E-state index in [1.165, 1.54) is 6.20 Å². The van der Waals surface area contributed by atoms with Crippen molar-refractivity contribution in [1.29, 1.82) is 0 Å². The van der Waals surface area contributed by atoms with E-state index in [2.05, 4.69) is 36.5 Å². The molecule has 0 radical (unpaired) electrons. The number of halogens is 1. The molecule has 8 heteroatoms. The molecule has 4 rings (SSSR count). The van der Waals surface area contributed by atoms with Gasteiger partial charge >= 0.3 is 0 Å². The van der Waals surface area contributed by atoms with Crippen molar-refractivity contribution in [3.05, 3.63) is 71.0 Å². The number of benzene rings is 2. The third kappa shape index (κ3) is 3.96. The highest BCUT2D eigenvalue weighted by Gasteiger charge is 2.10. The fourth-order valence-corrected chi connectivity index (χ4v) is 2.81. The van der Waals surface area contributed by atoms with E-state index in [-0.39, 0.29) is 11.6 Å². The first-order valence-corrected chi connectivity index (χ1v) is 9.19. The molecule has 0 aliphatic rings. The van der Waals surface area contributed by atoms with Crippen LogP contribution in [-0.4, -0.2) is 22.9 Å². The van der Waals surface area contributed by atoms with Crippen LogP contribution < -0.4 is 15.4 Å². The van der Waals surface area contributed by atoms with Gasteiger partial charge in [0.05, 0.1) is 0 Å². The summed E-state index contributed by atoms with van der Waals surface area (Å²) in [4.78, 5) is 20.1. The van der Waals surface area contributed by atoms with E-state index in [0.717, 1.165) is 10.2 Å². The van der Waals surface area contributed by atoms with Crippen LogP contribution >= 0.6 is 15.9 Å². The van der Waals surface area contributed by atoms with Crippen LogP contribution in [0.25, 0.3) is 11.1 Å². The average molecular weight is 439 g/mol. The quantitative estimate of drug-likeness (QED) is 0.461. The molecule has 0 spiro atoms. The summed E-state index contributed by atoms with van der Waals surface area (Å²) in [6.45, 7) is 0. The van der Waals surface area contributed by atoms with Gasteiger partial charge in [0, 0.05) is 35.5 Å². The standard InChI is InChI=1S/C20H15BrN4O3/c1-22-19(26)17-10-15(8-9-23-17)27-14-6-7-16-18(11-14)28-20(25-16)24-13-4-2-12(21)3-5-13/h2-11H,1H3,(H,22,26)(H,24,25). The van der Waals surface area contributed by atoms with Crippen molar-refractivity contribution in [1.82, 2.24) is 15.3 Å². The highest BCUT2D eigenvalue weighted by molar-refractivity contribution is 9.10. The Bertz CT molecular complexity index is 1140. The molecule has 28 heavy (non-hydrogen) atoms. The molecule has 0 fully saturated rings. The van der Waals surface area contributed by atoms with Crippen LogP contribution in [0.2, 0.25) is 0 Å². The number of carbonyl (C=O) groups excluding carboxylic acids is 1. The van der Waals surface area contributed by atoms with E-state index < -0.39 is 0 Å². The van der Waals surface area contributed by atoms with Crippen molar-refractivity contribution in [3.8, 4) is 11.5 Å². The summed E-state index contributed by atoms with van der Waals surface area (Å²) in [5.74, 6) is 0.786. The van der Waals surface area contributed by atoms with Crippen molar-refractivity contribution in [3.63, 3.8) is 0 Å². The van der Waals surface area contributed by atoms with Crippen LogP contribution in [0.3, 0.4) is 0 Å². The number of fused-ring (bicyclic) bond motifs is 1. The second kappa shape index (κ2) is 7.69. The highest BCUT2D eigenvalue weighted by atomic mass is 79.9. The Labute approximate surface area is 168 Å². The Morgan fingerprint density at radius 1 is 1.07 bits per heavy atom. The molecule has 0 aliphatic carbocycles. The van der Waals surface area contributed by atoms with Crippen molar-refractivity contribution < 1.29 is 13.9 Å². The number of aromatic nitrogens is 2. The van der Waals surface area contributed by atoms with Crippen LogP contribution in [0.15, 0.2) is 69.7 Å². The number of anilines is 2. The van der Waals surface area contributed by atoms with Gasteiger partial charge in [-0.05, 0) is 42.5 Å². The molecule has 0 unspecified atom stereocenters.